The lowest BCUT2D eigenvalue weighted by Crippen LogP contribution is -2.62. The fraction of sp³-hybridized carbons (Fsp3) is 0.360. The highest BCUT2D eigenvalue weighted by molar-refractivity contribution is 7.93. The minimum Gasteiger partial charge on any atom is -0.497 e. The van der Waals surface area contributed by atoms with Crippen molar-refractivity contribution in [2.45, 2.75) is 29.4 Å². The van der Waals surface area contributed by atoms with Crippen LogP contribution in [-0.4, -0.2) is 62.0 Å². The molecular formula is C25H28N2O7S. The number of sulfone groups is 1. The summed E-state index contributed by atoms with van der Waals surface area (Å²) in [5, 5.41) is 10.4. The molecule has 2 atom stereocenters. The van der Waals surface area contributed by atoms with E-state index in [9.17, 15) is 23.1 Å². The smallest absolute Gasteiger partial charge is 0.325 e. The van der Waals surface area contributed by atoms with Gasteiger partial charge in [0.15, 0.2) is 14.6 Å². The maximum absolute atomic E-state index is 13.9. The fourth-order valence-electron chi connectivity index (χ4n) is 4.35. The van der Waals surface area contributed by atoms with Crippen LogP contribution in [0.5, 0.6) is 11.5 Å². The standard InChI is InChI=1S/C25H28N2O7S/c1-3-4-15-34-21-9-11-22(12-10-21)35(31,32)25(23(28)29)13-14-27(24(26)30)17-19(25)16-18-5-7-20(33-2)8-6-18/h5-12,19H,13-17H2,1-2H3,(H2,26,30)(H,28,29). The summed E-state index contributed by atoms with van der Waals surface area (Å²) in [5.41, 5.74) is 6.17. The molecule has 1 heterocycles. The number of aliphatic carboxylic acids is 1. The number of nitrogens with zero attached hydrogens (tertiary/aromatic N) is 1. The van der Waals surface area contributed by atoms with Crippen LogP contribution in [0.3, 0.4) is 0 Å². The summed E-state index contributed by atoms with van der Waals surface area (Å²) in [6.45, 7) is 1.63. The van der Waals surface area contributed by atoms with Crippen LogP contribution in [-0.2, 0) is 21.1 Å². The Morgan fingerprint density at radius 3 is 2.31 bits per heavy atom. The van der Waals surface area contributed by atoms with Gasteiger partial charge in [-0.25, -0.2) is 13.2 Å². The molecule has 1 fully saturated rings. The number of likely N-dealkylation sites (tertiary alicyclic amines) is 1. The van der Waals surface area contributed by atoms with Crippen molar-refractivity contribution in [3.63, 3.8) is 0 Å². The molecule has 35 heavy (non-hydrogen) atoms. The molecule has 0 bridgehead atoms. The predicted octanol–water partition coefficient (Wildman–Crippen LogP) is 2.34. The van der Waals surface area contributed by atoms with Crippen LogP contribution in [0.25, 0.3) is 0 Å². The second kappa shape index (κ2) is 10.7. The van der Waals surface area contributed by atoms with Crippen molar-refractivity contribution in [3.05, 3.63) is 54.1 Å². The number of carbonyl (C=O) groups excluding carboxylic acids is 1. The number of ether oxygens (including phenoxy) is 2. The predicted molar refractivity (Wildman–Crippen MR) is 129 cm³/mol. The largest absolute Gasteiger partial charge is 0.497 e. The molecule has 0 saturated carbocycles. The Kier molecular flexibility index (Phi) is 7.92. The lowest BCUT2D eigenvalue weighted by Gasteiger charge is -2.44. The van der Waals surface area contributed by atoms with Crippen molar-refractivity contribution in [3.8, 4) is 23.3 Å². The van der Waals surface area contributed by atoms with Gasteiger partial charge >= 0.3 is 12.0 Å². The van der Waals surface area contributed by atoms with Crippen molar-refractivity contribution in [2.75, 3.05) is 26.8 Å². The molecule has 1 aliphatic rings. The first kappa shape index (κ1) is 25.9. The fourth-order valence-corrected chi connectivity index (χ4v) is 6.45. The Balaban J connectivity index is 2.02. The van der Waals surface area contributed by atoms with Crippen LogP contribution in [0.4, 0.5) is 4.79 Å². The molecule has 9 nitrogen and oxygen atoms in total. The third-order valence-electron chi connectivity index (χ3n) is 6.27. The van der Waals surface area contributed by atoms with Gasteiger partial charge in [0.1, 0.15) is 18.1 Å². The Bertz CT molecular complexity index is 1230. The van der Waals surface area contributed by atoms with Crippen LogP contribution >= 0.6 is 0 Å². The number of rotatable bonds is 8. The SMILES string of the molecule is CC#CCOc1ccc(S(=O)(=O)C2(C(=O)O)CCN(C(N)=O)CC2Cc2ccc(OC)cc2)cc1. The molecule has 1 saturated heterocycles. The number of methoxy groups -OCH3 is 1. The Labute approximate surface area is 204 Å². The zero-order valence-electron chi connectivity index (χ0n) is 19.6. The Morgan fingerprint density at radius 2 is 1.77 bits per heavy atom. The van der Waals surface area contributed by atoms with Crippen molar-refractivity contribution in [2.24, 2.45) is 11.7 Å². The first-order valence-corrected chi connectivity index (χ1v) is 12.4. The molecule has 2 aromatic carbocycles. The highest BCUT2D eigenvalue weighted by Gasteiger charge is 2.59. The van der Waals surface area contributed by atoms with Gasteiger partial charge in [0.2, 0.25) is 0 Å². The maximum Gasteiger partial charge on any atom is 0.325 e. The van der Waals surface area contributed by atoms with Crippen molar-refractivity contribution < 1.29 is 32.6 Å². The number of benzene rings is 2. The normalized spacial score (nSPS) is 19.8. The van der Waals surface area contributed by atoms with Crippen LogP contribution in [0.1, 0.15) is 18.9 Å². The number of amides is 2. The molecule has 2 unspecified atom stereocenters. The van der Waals surface area contributed by atoms with E-state index in [1.807, 2.05) is 0 Å². The molecule has 2 aromatic rings. The van der Waals surface area contributed by atoms with Gasteiger partial charge in [0.05, 0.1) is 12.0 Å². The van der Waals surface area contributed by atoms with E-state index in [0.717, 1.165) is 0 Å². The third-order valence-corrected chi connectivity index (χ3v) is 8.83. The summed E-state index contributed by atoms with van der Waals surface area (Å²) < 4.78 is 36.2. The number of nitrogens with two attached hydrogens (primary N) is 1. The van der Waals surface area contributed by atoms with Gasteiger partial charge in [-0.2, -0.15) is 0 Å². The molecule has 0 aliphatic carbocycles. The quantitative estimate of drug-likeness (QED) is 0.531. The van der Waals surface area contributed by atoms with E-state index in [1.54, 1.807) is 31.2 Å². The second-order valence-electron chi connectivity index (χ2n) is 8.17. The number of hydrogen-bond acceptors (Lipinski definition) is 6. The first-order chi connectivity index (χ1) is 16.7. The van der Waals surface area contributed by atoms with Gasteiger partial charge in [-0.3, -0.25) is 4.79 Å². The summed E-state index contributed by atoms with van der Waals surface area (Å²) in [4.78, 5) is 25.8. The van der Waals surface area contributed by atoms with Gasteiger partial charge in [-0.05, 0) is 61.7 Å². The zero-order chi connectivity index (χ0) is 25.6. The van der Waals surface area contributed by atoms with Crippen LogP contribution in [0.15, 0.2) is 53.4 Å². The number of piperidine rings is 1. The Morgan fingerprint density at radius 1 is 1.14 bits per heavy atom. The average Bonchev–Trinajstić information content (AvgIpc) is 2.84. The first-order valence-electron chi connectivity index (χ1n) is 10.9. The molecule has 2 amide bonds. The summed E-state index contributed by atoms with van der Waals surface area (Å²) in [6, 6.07) is 11.8. The molecule has 10 heteroatoms. The summed E-state index contributed by atoms with van der Waals surface area (Å²) in [6.07, 6.45) is -0.186. The average molecular weight is 501 g/mol. The monoisotopic (exact) mass is 500 g/mol. The molecular weight excluding hydrogens is 472 g/mol. The summed E-state index contributed by atoms with van der Waals surface area (Å²) in [7, 11) is -2.86. The molecule has 0 radical (unpaired) electrons. The number of hydrogen-bond donors (Lipinski definition) is 2. The van der Waals surface area contributed by atoms with Crippen molar-refractivity contribution in [1.82, 2.24) is 4.90 Å². The minimum atomic E-state index is -4.38. The van der Waals surface area contributed by atoms with Crippen molar-refractivity contribution >= 4 is 21.8 Å². The van der Waals surface area contributed by atoms with Crippen LogP contribution in [0, 0.1) is 17.8 Å². The number of carboxylic acids is 1. The van der Waals surface area contributed by atoms with Crippen molar-refractivity contribution in [1.29, 1.82) is 0 Å². The molecule has 0 aromatic heterocycles. The molecule has 3 N–H and O–H groups in total. The van der Waals surface area contributed by atoms with Gasteiger partial charge < -0.3 is 25.2 Å². The number of carbonyl (C=O) groups is 2. The number of carboxylic acid groups (broad SMARTS) is 1. The van der Waals surface area contributed by atoms with E-state index >= 15 is 0 Å². The van der Waals surface area contributed by atoms with E-state index in [4.69, 9.17) is 15.2 Å². The lowest BCUT2D eigenvalue weighted by molar-refractivity contribution is -0.143. The highest BCUT2D eigenvalue weighted by atomic mass is 32.2. The topological polar surface area (TPSA) is 136 Å². The van der Waals surface area contributed by atoms with E-state index < -0.39 is 32.5 Å². The van der Waals surface area contributed by atoms with Gasteiger partial charge in [0.25, 0.3) is 0 Å². The second-order valence-corrected chi connectivity index (χ2v) is 10.4. The van der Waals surface area contributed by atoms with E-state index in [1.165, 1.54) is 36.3 Å². The summed E-state index contributed by atoms with van der Waals surface area (Å²) in [5.74, 6) is 4.06. The van der Waals surface area contributed by atoms with Gasteiger partial charge in [-0.1, -0.05) is 18.1 Å². The van der Waals surface area contributed by atoms with E-state index in [-0.39, 0.29) is 37.4 Å². The number of primary amides is 1. The van der Waals surface area contributed by atoms with Crippen LogP contribution < -0.4 is 15.2 Å². The van der Waals surface area contributed by atoms with Gasteiger partial charge in [-0.15, -0.1) is 5.92 Å². The highest BCUT2D eigenvalue weighted by Crippen LogP contribution is 2.42. The molecule has 1 aliphatic heterocycles. The minimum absolute atomic E-state index is 0.0865. The lowest BCUT2D eigenvalue weighted by atomic mass is 9.80. The third kappa shape index (κ3) is 5.20. The summed E-state index contributed by atoms with van der Waals surface area (Å²) >= 11 is 0. The van der Waals surface area contributed by atoms with Gasteiger partial charge in [0, 0.05) is 19.0 Å². The molecule has 186 valence electrons. The molecule has 0 spiro atoms. The van der Waals surface area contributed by atoms with E-state index in [2.05, 4.69) is 11.8 Å². The number of urea groups is 1. The maximum atomic E-state index is 13.9. The zero-order valence-corrected chi connectivity index (χ0v) is 20.4. The van der Waals surface area contributed by atoms with Crippen LogP contribution in [0.2, 0.25) is 0 Å². The molecule has 3 rings (SSSR count). The Hall–Kier alpha value is -3.71. The van der Waals surface area contributed by atoms with E-state index in [0.29, 0.717) is 17.1 Å².